The van der Waals surface area contributed by atoms with Gasteiger partial charge in [-0.2, -0.15) is 0 Å². The zero-order valence-electron chi connectivity index (χ0n) is 9.53. The Bertz CT molecular complexity index is 519. The SMILES string of the molecule is CC(O)CNC(=O)Nc1c[nH]c2ccccc12. The number of aromatic amines is 1. The molecular weight excluding hydrogens is 218 g/mol. The molecule has 1 aromatic carbocycles. The minimum atomic E-state index is -0.552. The summed E-state index contributed by atoms with van der Waals surface area (Å²) in [6, 6.07) is 7.38. The predicted octanol–water partition coefficient (Wildman–Crippen LogP) is 1.67. The number of benzene rings is 1. The van der Waals surface area contributed by atoms with Crippen LogP contribution in [-0.4, -0.2) is 28.8 Å². The van der Waals surface area contributed by atoms with E-state index in [0.717, 1.165) is 16.6 Å². The normalized spacial score (nSPS) is 12.4. The number of carbonyl (C=O) groups excluding carboxylic acids is 1. The number of aliphatic hydroxyl groups excluding tert-OH is 1. The first kappa shape index (κ1) is 11.5. The molecule has 0 saturated carbocycles. The largest absolute Gasteiger partial charge is 0.392 e. The summed E-state index contributed by atoms with van der Waals surface area (Å²) in [5.41, 5.74) is 1.70. The highest BCUT2D eigenvalue weighted by molar-refractivity contribution is 6.00. The van der Waals surface area contributed by atoms with E-state index in [-0.39, 0.29) is 12.6 Å². The van der Waals surface area contributed by atoms with Crippen molar-refractivity contribution in [1.82, 2.24) is 10.3 Å². The number of rotatable bonds is 3. The van der Waals surface area contributed by atoms with Crippen LogP contribution in [0.25, 0.3) is 10.9 Å². The summed E-state index contributed by atoms with van der Waals surface area (Å²) in [6.45, 7) is 1.85. The van der Waals surface area contributed by atoms with Gasteiger partial charge in [-0.1, -0.05) is 18.2 Å². The summed E-state index contributed by atoms with van der Waals surface area (Å²) in [5.74, 6) is 0. The van der Waals surface area contributed by atoms with Crippen LogP contribution in [0.15, 0.2) is 30.5 Å². The number of urea groups is 1. The molecule has 0 aliphatic heterocycles. The summed E-state index contributed by atoms with van der Waals surface area (Å²) < 4.78 is 0. The molecule has 0 saturated heterocycles. The number of hydrogen-bond donors (Lipinski definition) is 4. The minimum absolute atomic E-state index is 0.230. The highest BCUT2D eigenvalue weighted by Crippen LogP contribution is 2.22. The Hall–Kier alpha value is -2.01. The summed E-state index contributed by atoms with van der Waals surface area (Å²) >= 11 is 0. The maximum absolute atomic E-state index is 11.5. The minimum Gasteiger partial charge on any atom is -0.392 e. The van der Waals surface area contributed by atoms with E-state index in [4.69, 9.17) is 5.11 Å². The molecule has 17 heavy (non-hydrogen) atoms. The molecule has 0 aliphatic carbocycles. The number of H-pyrrole nitrogens is 1. The zero-order valence-corrected chi connectivity index (χ0v) is 9.53. The molecule has 2 rings (SSSR count). The van der Waals surface area contributed by atoms with Gasteiger partial charge in [-0.3, -0.25) is 0 Å². The average Bonchev–Trinajstić information content (AvgIpc) is 2.70. The summed E-state index contributed by atoms with van der Waals surface area (Å²) in [4.78, 5) is 14.6. The molecule has 1 atom stereocenters. The van der Waals surface area contributed by atoms with Gasteiger partial charge in [0.05, 0.1) is 11.8 Å². The smallest absolute Gasteiger partial charge is 0.319 e. The molecular formula is C12H15N3O2. The number of nitrogens with one attached hydrogen (secondary N) is 3. The summed E-state index contributed by atoms with van der Waals surface area (Å²) in [6.07, 6.45) is 1.19. The number of para-hydroxylation sites is 1. The van der Waals surface area contributed by atoms with E-state index in [1.165, 1.54) is 0 Å². The Labute approximate surface area is 98.8 Å². The van der Waals surface area contributed by atoms with Crippen LogP contribution < -0.4 is 10.6 Å². The van der Waals surface area contributed by atoms with Gasteiger partial charge in [-0.25, -0.2) is 4.79 Å². The van der Waals surface area contributed by atoms with Gasteiger partial charge in [-0.15, -0.1) is 0 Å². The van der Waals surface area contributed by atoms with Gasteiger partial charge < -0.3 is 20.7 Å². The monoisotopic (exact) mass is 233 g/mol. The lowest BCUT2D eigenvalue weighted by atomic mass is 10.2. The van der Waals surface area contributed by atoms with E-state index in [1.807, 2.05) is 24.3 Å². The molecule has 2 amide bonds. The maximum atomic E-state index is 11.5. The van der Waals surface area contributed by atoms with Crippen LogP contribution in [0.5, 0.6) is 0 Å². The number of hydrogen-bond acceptors (Lipinski definition) is 2. The van der Waals surface area contributed by atoms with Crippen LogP contribution in [0.2, 0.25) is 0 Å². The van der Waals surface area contributed by atoms with Crippen molar-refractivity contribution in [2.24, 2.45) is 0 Å². The third-order valence-corrected chi connectivity index (χ3v) is 2.40. The van der Waals surface area contributed by atoms with Gasteiger partial charge in [0, 0.05) is 23.6 Å². The number of anilines is 1. The Morgan fingerprint density at radius 2 is 2.24 bits per heavy atom. The Morgan fingerprint density at radius 3 is 3.00 bits per heavy atom. The van der Waals surface area contributed by atoms with E-state index < -0.39 is 6.10 Å². The van der Waals surface area contributed by atoms with Crippen molar-refractivity contribution < 1.29 is 9.90 Å². The molecule has 1 unspecified atom stereocenters. The Morgan fingerprint density at radius 1 is 1.47 bits per heavy atom. The van der Waals surface area contributed by atoms with E-state index in [2.05, 4.69) is 15.6 Å². The van der Waals surface area contributed by atoms with Crippen LogP contribution in [-0.2, 0) is 0 Å². The predicted molar refractivity (Wildman–Crippen MR) is 67.0 cm³/mol. The summed E-state index contributed by atoms with van der Waals surface area (Å²) in [5, 5.41) is 15.3. The van der Waals surface area contributed by atoms with Gasteiger partial charge in [0.1, 0.15) is 0 Å². The van der Waals surface area contributed by atoms with Gasteiger partial charge >= 0.3 is 6.03 Å². The molecule has 90 valence electrons. The zero-order chi connectivity index (χ0) is 12.3. The number of carbonyl (C=O) groups is 1. The second-order valence-electron chi connectivity index (χ2n) is 3.93. The highest BCUT2D eigenvalue weighted by atomic mass is 16.3. The molecule has 0 aliphatic rings. The first-order valence-corrected chi connectivity index (χ1v) is 5.46. The molecule has 5 heteroatoms. The lowest BCUT2D eigenvalue weighted by Gasteiger charge is -2.08. The van der Waals surface area contributed by atoms with Gasteiger partial charge in [0.25, 0.3) is 0 Å². The third-order valence-electron chi connectivity index (χ3n) is 2.40. The highest BCUT2D eigenvalue weighted by Gasteiger charge is 2.07. The third kappa shape index (κ3) is 2.76. The molecule has 0 fully saturated rings. The van der Waals surface area contributed by atoms with E-state index >= 15 is 0 Å². The van der Waals surface area contributed by atoms with Gasteiger partial charge in [0.15, 0.2) is 0 Å². The van der Waals surface area contributed by atoms with Crippen molar-refractivity contribution in [1.29, 1.82) is 0 Å². The first-order chi connectivity index (χ1) is 8.16. The maximum Gasteiger partial charge on any atom is 0.319 e. The molecule has 1 heterocycles. The Kier molecular flexibility index (Phi) is 3.30. The van der Waals surface area contributed by atoms with Crippen molar-refractivity contribution in [2.75, 3.05) is 11.9 Å². The lowest BCUT2D eigenvalue weighted by molar-refractivity contribution is 0.190. The molecule has 4 N–H and O–H groups in total. The van der Waals surface area contributed by atoms with Gasteiger partial charge in [0.2, 0.25) is 0 Å². The fraction of sp³-hybridized carbons (Fsp3) is 0.250. The number of fused-ring (bicyclic) bond motifs is 1. The molecule has 0 spiro atoms. The average molecular weight is 233 g/mol. The fourth-order valence-corrected chi connectivity index (χ4v) is 1.58. The molecule has 2 aromatic rings. The van der Waals surface area contributed by atoms with Crippen molar-refractivity contribution in [3.63, 3.8) is 0 Å². The van der Waals surface area contributed by atoms with Crippen LogP contribution in [0.3, 0.4) is 0 Å². The second-order valence-corrected chi connectivity index (χ2v) is 3.93. The molecule has 1 aromatic heterocycles. The standard InChI is InChI=1S/C12H15N3O2/c1-8(16)6-14-12(17)15-11-7-13-10-5-3-2-4-9(10)11/h2-5,7-8,13,16H,6H2,1H3,(H2,14,15,17). The van der Waals surface area contributed by atoms with E-state index in [9.17, 15) is 4.79 Å². The van der Waals surface area contributed by atoms with E-state index in [1.54, 1.807) is 13.1 Å². The Balaban J connectivity index is 2.06. The number of aliphatic hydroxyl groups is 1. The van der Waals surface area contributed by atoms with Crippen LogP contribution in [0.4, 0.5) is 10.5 Å². The second kappa shape index (κ2) is 4.88. The van der Waals surface area contributed by atoms with E-state index in [0.29, 0.717) is 0 Å². The first-order valence-electron chi connectivity index (χ1n) is 5.46. The molecule has 0 bridgehead atoms. The summed E-state index contributed by atoms with van der Waals surface area (Å²) in [7, 11) is 0. The molecule has 0 radical (unpaired) electrons. The number of amides is 2. The fourth-order valence-electron chi connectivity index (χ4n) is 1.58. The van der Waals surface area contributed by atoms with Crippen LogP contribution in [0.1, 0.15) is 6.92 Å². The van der Waals surface area contributed by atoms with Crippen LogP contribution in [0, 0.1) is 0 Å². The number of aromatic nitrogens is 1. The van der Waals surface area contributed by atoms with Crippen LogP contribution >= 0.6 is 0 Å². The topological polar surface area (TPSA) is 77.2 Å². The van der Waals surface area contributed by atoms with Gasteiger partial charge in [-0.05, 0) is 13.0 Å². The quantitative estimate of drug-likeness (QED) is 0.650. The van der Waals surface area contributed by atoms with Crippen molar-refractivity contribution >= 4 is 22.6 Å². The van der Waals surface area contributed by atoms with Crippen molar-refractivity contribution in [3.8, 4) is 0 Å². The van der Waals surface area contributed by atoms with Crippen molar-refractivity contribution in [2.45, 2.75) is 13.0 Å². The lowest BCUT2D eigenvalue weighted by Crippen LogP contribution is -2.34. The molecule has 5 nitrogen and oxygen atoms in total. The van der Waals surface area contributed by atoms with Crippen molar-refractivity contribution in [3.05, 3.63) is 30.5 Å².